The number of hydrogen-bond acceptors (Lipinski definition) is 3. The molecule has 1 aromatic carbocycles. The lowest BCUT2D eigenvalue weighted by Crippen LogP contribution is -2.64. The highest BCUT2D eigenvalue weighted by Gasteiger charge is 2.60. The van der Waals surface area contributed by atoms with Gasteiger partial charge in [0, 0.05) is 16.9 Å². The number of aliphatic hydroxyl groups is 1. The number of nitrogens with zero attached hydrogens (tertiary/aromatic N) is 1. The summed E-state index contributed by atoms with van der Waals surface area (Å²) in [6.45, 7) is 0. The van der Waals surface area contributed by atoms with Crippen LogP contribution < -0.4 is 0 Å². The van der Waals surface area contributed by atoms with Gasteiger partial charge in [0.25, 0.3) is 5.91 Å². The van der Waals surface area contributed by atoms with Gasteiger partial charge in [-0.3, -0.25) is 4.79 Å². The van der Waals surface area contributed by atoms with Crippen molar-refractivity contribution in [3.63, 3.8) is 0 Å². The van der Waals surface area contributed by atoms with Crippen molar-refractivity contribution in [2.24, 2.45) is 0 Å². The van der Waals surface area contributed by atoms with Crippen molar-refractivity contribution in [1.82, 2.24) is 4.90 Å². The summed E-state index contributed by atoms with van der Waals surface area (Å²) in [5, 5.41) is 13.2. The van der Waals surface area contributed by atoms with Crippen molar-refractivity contribution >= 4 is 28.8 Å². The Kier molecular flexibility index (Phi) is 2.89. The van der Waals surface area contributed by atoms with E-state index in [4.69, 9.17) is 11.6 Å². The molecule has 5 heteroatoms. The molecular weight excluding hydrogens is 282 g/mol. The highest BCUT2D eigenvalue weighted by Crippen LogP contribution is 2.50. The van der Waals surface area contributed by atoms with Crippen molar-refractivity contribution in [3.05, 3.63) is 57.2 Å². The second kappa shape index (κ2) is 4.34. The maximum atomic E-state index is 12.1. The van der Waals surface area contributed by atoms with Crippen LogP contribution in [0.15, 0.2) is 41.8 Å². The monoisotopic (exact) mass is 293 g/mol. The minimum atomic E-state index is -1.46. The highest BCUT2D eigenvalue weighted by molar-refractivity contribution is 7.10. The maximum Gasteiger partial charge on any atom is 0.263 e. The fraction of sp³-hybridized carbons (Fsp3) is 0.214. The number of amides is 1. The number of carbonyl (C=O) groups is 1. The van der Waals surface area contributed by atoms with Crippen LogP contribution in [0.3, 0.4) is 0 Å². The number of β-lactam (4-membered cyclic amide) rings is 1. The molecular formula is C14H12ClNO2S. The quantitative estimate of drug-likeness (QED) is 0.865. The van der Waals surface area contributed by atoms with Gasteiger partial charge in [0.1, 0.15) is 0 Å². The Morgan fingerprint density at radius 2 is 2.16 bits per heavy atom. The average molecular weight is 294 g/mol. The summed E-state index contributed by atoms with van der Waals surface area (Å²) in [4.78, 5) is 14.3. The Morgan fingerprint density at radius 1 is 1.37 bits per heavy atom. The minimum absolute atomic E-state index is 0.278. The second-order valence-corrected chi connectivity index (χ2v) is 6.00. The van der Waals surface area contributed by atoms with E-state index in [1.54, 1.807) is 30.1 Å². The van der Waals surface area contributed by atoms with Crippen LogP contribution in [0.1, 0.15) is 16.5 Å². The molecule has 0 radical (unpaired) electrons. The van der Waals surface area contributed by atoms with Crippen LogP contribution in [0.2, 0.25) is 5.02 Å². The number of likely N-dealkylation sites (tertiary alicyclic amines) is 1. The standard InChI is InChI=1S/C14H12ClNO2S/c1-16-12(9-4-2-5-10(15)8-9)14(18,13(16)17)11-6-3-7-19-11/h2-8,12,18H,1H3. The van der Waals surface area contributed by atoms with Crippen molar-refractivity contribution in [1.29, 1.82) is 0 Å². The largest absolute Gasteiger partial charge is 0.373 e. The molecule has 1 aromatic heterocycles. The molecule has 1 N–H and O–H groups in total. The predicted molar refractivity (Wildman–Crippen MR) is 75.2 cm³/mol. The number of likely N-dealkylation sites (N-methyl/N-ethyl adjacent to an activating group) is 1. The summed E-state index contributed by atoms with van der Waals surface area (Å²) in [6.07, 6.45) is 0. The van der Waals surface area contributed by atoms with E-state index in [1.165, 1.54) is 11.3 Å². The van der Waals surface area contributed by atoms with Gasteiger partial charge in [0.15, 0.2) is 0 Å². The fourth-order valence-electron chi connectivity index (χ4n) is 2.59. The molecule has 98 valence electrons. The molecule has 2 aromatic rings. The Balaban J connectivity index is 2.07. The zero-order valence-electron chi connectivity index (χ0n) is 10.2. The molecule has 2 unspecified atom stereocenters. The smallest absolute Gasteiger partial charge is 0.263 e. The molecule has 2 atom stereocenters. The van der Waals surface area contributed by atoms with E-state index in [9.17, 15) is 9.90 Å². The van der Waals surface area contributed by atoms with Crippen LogP contribution in [-0.4, -0.2) is 23.0 Å². The topological polar surface area (TPSA) is 40.5 Å². The molecule has 0 spiro atoms. The Morgan fingerprint density at radius 3 is 2.79 bits per heavy atom. The molecule has 0 saturated carbocycles. The van der Waals surface area contributed by atoms with Gasteiger partial charge < -0.3 is 10.0 Å². The molecule has 1 aliphatic rings. The zero-order chi connectivity index (χ0) is 13.6. The van der Waals surface area contributed by atoms with Gasteiger partial charge in [-0.25, -0.2) is 0 Å². The summed E-state index contributed by atoms with van der Waals surface area (Å²) in [5.41, 5.74) is -0.626. The van der Waals surface area contributed by atoms with Crippen LogP contribution in [0, 0.1) is 0 Å². The molecule has 0 aliphatic carbocycles. The number of hydrogen-bond donors (Lipinski definition) is 1. The predicted octanol–water partition coefficient (Wildman–Crippen LogP) is 2.80. The first-order valence-corrected chi connectivity index (χ1v) is 7.10. The van der Waals surface area contributed by atoms with Crippen LogP contribution >= 0.6 is 22.9 Å². The molecule has 19 heavy (non-hydrogen) atoms. The number of halogens is 1. The first kappa shape index (κ1) is 12.7. The number of rotatable bonds is 2. The lowest BCUT2D eigenvalue weighted by molar-refractivity contribution is -0.191. The first-order chi connectivity index (χ1) is 9.05. The molecule has 2 heterocycles. The minimum Gasteiger partial charge on any atom is -0.373 e. The molecule has 3 nitrogen and oxygen atoms in total. The Bertz CT molecular complexity index is 628. The molecule has 1 amide bonds. The van der Waals surface area contributed by atoms with Gasteiger partial charge in [0.05, 0.1) is 6.04 Å². The highest BCUT2D eigenvalue weighted by atomic mass is 35.5. The summed E-state index contributed by atoms with van der Waals surface area (Å²) >= 11 is 7.37. The van der Waals surface area contributed by atoms with E-state index >= 15 is 0 Å². The number of benzene rings is 1. The Hall–Kier alpha value is -1.36. The molecule has 1 fully saturated rings. The van der Waals surface area contributed by atoms with E-state index in [-0.39, 0.29) is 5.91 Å². The third-order valence-electron chi connectivity index (χ3n) is 3.49. The van der Waals surface area contributed by atoms with Gasteiger partial charge >= 0.3 is 0 Å². The lowest BCUT2D eigenvalue weighted by atomic mass is 9.77. The first-order valence-electron chi connectivity index (χ1n) is 5.84. The maximum absolute atomic E-state index is 12.1. The van der Waals surface area contributed by atoms with E-state index in [1.807, 2.05) is 23.6 Å². The van der Waals surface area contributed by atoms with Gasteiger partial charge in [0.2, 0.25) is 5.60 Å². The fourth-order valence-corrected chi connectivity index (χ4v) is 3.63. The van der Waals surface area contributed by atoms with Gasteiger partial charge in [-0.15, -0.1) is 11.3 Å². The summed E-state index contributed by atoms with van der Waals surface area (Å²) in [6, 6.07) is 10.5. The summed E-state index contributed by atoms with van der Waals surface area (Å²) in [7, 11) is 1.69. The van der Waals surface area contributed by atoms with Gasteiger partial charge in [-0.1, -0.05) is 29.8 Å². The third kappa shape index (κ3) is 1.71. The third-order valence-corrected chi connectivity index (χ3v) is 4.72. The summed E-state index contributed by atoms with van der Waals surface area (Å²) in [5.74, 6) is -0.278. The van der Waals surface area contributed by atoms with Crippen LogP contribution in [-0.2, 0) is 10.4 Å². The molecule has 1 aliphatic heterocycles. The van der Waals surface area contributed by atoms with Crippen LogP contribution in [0.5, 0.6) is 0 Å². The van der Waals surface area contributed by atoms with Crippen LogP contribution in [0.4, 0.5) is 0 Å². The van der Waals surface area contributed by atoms with E-state index < -0.39 is 11.6 Å². The van der Waals surface area contributed by atoms with Crippen LogP contribution in [0.25, 0.3) is 0 Å². The number of thiophene rings is 1. The van der Waals surface area contributed by atoms with Crippen molar-refractivity contribution < 1.29 is 9.90 Å². The Labute approximate surface area is 120 Å². The average Bonchev–Trinajstić information content (AvgIpc) is 2.92. The van der Waals surface area contributed by atoms with Crippen molar-refractivity contribution in [2.75, 3.05) is 7.05 Å². The zero-order valence-corrected chi connectivity index (χ0v) is 11.8. The normalized spacial score (nSPS) is 26.4. The van der Waals surface area contributed by atoms with Gasteiger partial charge in [-0.05, 0) is 29.1 Å². The molecule has 1 saturated heterocycles. The molecule has 0 bridgehead atoms. The van der Waals surface area contributed by atoms with Crippen molar-refractivity contribution in [2.45, 2.75) is 11.6 Å². The van der Waals surface area contributed by atoms with Gasteiger partial charge in [-0.2, -0.15) is 0 Å². The lowest BCUT2D eigenvalue weighted by Gasteiger charge is -2.51. The van der Waals surface area contributed by atoms with E-state index in [2.05, 4.69) is 0 Å². The number of carbonyl (C=O) groups excluding carboxylic acids is 1. The van der Waals surface area contributed by atoms with Crippen molar-refractivity contribution in [3.8, 4) is 0 Å². The SMILES string of the molecule is CN1C(=O)C(O)(c2cccs2)C1c1cccc(Cl)c1. The van der Waals surface area contributed by atoms with E-state index in [0.29, 0.717) is 9.90 Å². The second-order valence-electron chi connectivity index (χ2n) is 4.62. The molecule has 3 rings (SSSR count). The van der Waals surface area contributed by atoms with E-state index in [0.717, 1.165) is 5.56 Å². The summed E-state index contributed by atoms with van der Waals surface area (Å²) < 4.78 is 0.